The third-order valence-electron chi connectivity index (χ3n) is 5.45. The summed E-state index contributed by atoms with van der Waals surface area (Å²) in [7, 11) is 1.69. The zero-order chi connectivity index (χ0) is 22.6. The molecule has 4 nitrogen and oxygen atoms in total. The molecule has 5 heteroatoms. The molecule has 3 aromatic rings. The van der Waals surface area contributed by atoms with Crippen molar-refractivity contribution in [3.63, 3.8) is 0 Å². The van der Waals surface area contributed by atoms with Crippen molar-refractivity contribution in [3.05, 3.63) is 53.0 Å². The molecular weight excluding hydrogens is 416 g/mol. The van der Waals surface area contributed by atoms with Crippen LogP contribution >= 0.6 is 11.3 Å². The van der Waals surface area contributed by atoms with Gasteiger partial charge in [0.05, 0.1) is 23.9 Å². The SMILES string of the molecule is CCCCN(CCCC)CCCOc1ccc(C=Cc2nc3ccc(OC)cc3s2)cc1. The number of fused-ring (bicyclic) bond motifs is 1. The summed E-state index contributed by atoms with van der Waals surface area (Å²) in [5.74, 6) is 1.80. The van der Waals surface area contributed by atoms with E-state index in [2.05, 4.69) is 60.1 Å². The van der Waals surface area contributed by atoms with Gasteiger partial charge < -0.3 is 14.4 Å². The molecule has 3 rings (SSSR count). The van der Waals surface area contributed by atoms with E-state index >= 15 is 0 Å². The number of nitrogens with zero attached hydrogens (tertiary/aromatic N) is 2. The second kappa shape index (κ2) is 13.2. The Morgan fingerprint density at radius 3 is 2.25 bits per heavy atom. The van der Waals surface area contributed by atoms with Crippen LogP contribution in [-0.4, -0.2) is 43.2 Å². The van der Waals surface area contributed by atoms with E-state index in [4.69, 9.17) is 9.47 Å². The molecule has 0 fully saturated rings. The highest BCUT2D eigenvalue weighted by Gasteiger charge is 2.05. The first-order valence-electron chi connectivity index (χ1n) is 11.8. The highest BCUT2D eigenvalue weighted by atomic mass is 32.1. The van der Waals surface area contributed by atoms with Crippen molar-refractivity contribution in [2.75, 3.05) is 33.4 Å². The van der Waals surface area contributed by atoms with E-state index in [0.717, 1.165) is 51.9 Å². The molecule has 0 aliphatic heterocycles. The molecule has 0 saturated heterocycles. The fourth-order valence-corrected chi connectivity index (χ4v) is 4.44. The van der Waals surface area contributed by atoms with E-state index in [0.29, 0.717) is 0 Å². The average Bonchev–Trinajstić information content (AvgIpc) is 3.24. The molecule has 0 N–H and O–H groups in total. The number of ether oxygens (including phenoxy) is 2. The van der Waals surface area contributed by atoms with E-state index in [1.807, 2.05) is 18.2 Å². The number of unbranched alkanes of at least 4 members (excludes halogenated alkanes) is 2. The second-order valence-corrected chi connectivity index (χ2v) is 9.10. The minimum absolute atomic E-state index is 0.763. The van der Waals surface area contributed by atoms with Gasteiger partial charge in [0.2, 0.25) is 0 Å². The molecule has 0 atom stereocenters. The predicted molar refractivity (Wildman–Crippen MR) is 138 cm³/mol. The maximum absolute atomic E-state index is 5.97. The zero-order valence-corrected chi connectivity index (χ0v) is 20.5. The van der Waals surface area contributed by atoms with Gasteiger partial charge in [0, 0.05) is 6.54 Å². The first kappa shape index (κ1) is 24.3. The van der Waals surface area contributed by atoms with Gasteiger partial charge in [-0.25, -0.2) is 4.98 Å². The van der Waals surface area contributed by atoms with Crippen LogP contribution in [0.5, 0.6) is 11.5 Å². The smallest absolute Gasteiger partial charge is 0.120 e. The first-order chi connectivity index (χ1) is 15.7. The Hall–Kier alpha value is -2.37. The van der Waals surface area contributed by atoms with Gasteiger partial charge >= 0.3 is 0 Å². The number of benzene rings is 2. The van der Waals surface area contributed by atoms with Gasteiger partial charge in [-0.3, -0.25) is 0 Å². The normalized spacial score (nSPS) is 11.6. The molecule has 0 unspecified atom stereocenters. The van der Waals surface area contributed by atoms with Crippen LogP contribution in [0.25, 0.3) is 22.4 Å². The number of hydrogen-bond acceptors (Lipinski definition) is 5. The summed E-state index contributed by atoms with van der Waals surface area (Å²) in [6.07, 6.45) is 10.3. The van der Waals surface area contributed by atoms with Crippen LogP contribution in [-0.2, 0) is 0 Å². The molecule has 1 aromatic heterocycles. The Balaban J connectivity index is 1.46. The maximum atomic E-state index is 5.97. The maximum Gasteiger partial charge on any atom is 0.120 e. The van der Waals surface area contributed by atoms with Crippen molar-refractivity contribution >= 4 is 33.7 Å². The van der Waals surface area contributed by atoms with Crippen LogP contribution < -0.4 is 9.47 Å². The van der Waals surface area contributed by atoms with Crippen LogP contribution in [0.4, 0.5) is 0 Å². The van der Waals surface area contributed by atoms with Gasteiger partial charge in [0.1, 0.15) is 16.5 Å². The van der Waals surface area contributed by atoms with Crippen LogP contribution in [0, 0.1) is 0 Å². The number of rotatable bonds is 14. The number of thiazole rings is 1. The molecule has 0 amide bonds. The number of hydrogen-bond donors (Lipinski definition) is 0. The van der Waals surface area contributed by atoms with Gasteiger partial charge in [0.15, 0.2) is 0 Å². The molecule has 0 aliphatic rings. The van der Waals surface area contributed by atoms with Crippen molar-refractivity contribution in [2.45, 2.75) is 46.0 Å². The standard InChI is InChI=1S/C27H36N2O2S/c1-4-6-17-29(18-7-5-2)19-8-20-31-23-12-9-22(10-13-23)11-16-27-28-25-15-14-24(30-3)21-26(25)32-27/h9-16,21H,4-8,17-20H2,1-3H3. The van der Waals surface area contributed by atoms with Crippen molar-refractivity contribution < 1.29 is 9.47 Å². The summed E-state index contributed by atoms with van der Waals surface area (Å²) in [6.45, 7) is 8.82. The van der Waals surface area contributed by atoms with Crippen LogP contribution in [0.15, 0.2) is 42.5 Å². The summed E-state index contributed by atoms with van der Waals surface area (Å²) in [4.78, 5) is 7.26. The largest absolute Gasteiger partial charge is 0.497 e. The highest BCUT2D eigenvalue weighted by Crippen LogP contribution is 2.27. The van der Waals surface area contributed by atoms with Crippen LogP contribution in [0.1, 0.15) is 56.5 Å². The monoisotopic (exact) mass is 452 g/mol. The fourth-order valence-electron chi connectivity index (χ4n) is 3.54. The molecule has 0 bridgehead atoms. The summed E-state index contributed by atoms with van der Waals surface area (Å²) in [5.41, 5.74) is 2.14. The van der Waals surface area contributed by atoms with E-state index in [1.54, 1.807) is 18.4 Å². The molecule has 0 aliphatic carbocycles. The lowest BCUT2D eigenvalue weighted by Crippen LogP contribution is -2.28. The molecule has 32 heavy (non-hydrogen) atoms. The second-order valence-electron chi connectivity index (χ2n) is 8.04. The Morgan fingerprint density at radius 1 is 0.875 bits per heavy atom. The van der Waals surface area contributed by atoms with Crippen molar-refractivity contribution in [1.82, 2.24) is 9.88 Å². The Bertz CT molecular complexity index is 957. The van der Waals surface area contributed by atoms with Crippen molar-refractivity contribution in [3.8, 4) is 11.5 Å². The summed E-state index contributed by atoms with van der Waals surface area (Å²) in [5, 5.41) is 0.990. The van der Waals surface area contributed by atoms with Gasteiger partial charge in [-0.15, -0.1) is 11.3 Å². The molecular formula is C27H36N2O2S. The molecule has 0 spiro atoms. The third-order valence-corrected chi connectivity index (χ3v) is 6.44. The van der Waals surface area contributed by atoms with E-state index in [-0.39, 0.29) is 0 Å². The van der Waals surface area contributed by atoms with Gasteiger partial charge in [-0.2, -0.15) is 0 Å². The lowest BCUT2D eigenvalue weighted by molar-refractivity contribution is 0.229. The lowest BCUT2D eigenvalue weighted by atomic mass is 10.2. The lowest BCUT2D eigenvalue weighted by Gasteiger charge is -2.21. The zero-order valence-electron chi connectivity index (χ0n) is 19.7. The molecule has 1 heterocycles. The van der Waals surface area contributed by atoms with Crippen molar-refractivity contribution in [2.24, 2.45) is 0 Å². The number of methoxy groups -OCH3 is 1. The topological polar surface area (TPSA) is 34.6 Å². The van der Waals surface area contributed by atoms with E-state index in [1.165, 1.54) is 38.8 Å². The fraction of sp³-hybridized carbons (Fsp3) is 0.444. The first-order valence-corrected chi connectivity index (χ1v) is 12.6. The molecule has 0 saturated carbocycles. The Kier molecular flexibility index (Phi) is 10.0. The third kappa shape index (κ3) is 7.64. The van der Waals surface area contributed by atoms with Crippen LogP contribution in [0.3, 0.4) is 0 Å². The predicted octanol–water partition coefficient (Wildman–Crippen LogP) is 7.15. The molecule has 172 valence electrons. The summed E-state index contributed by atoms with van der Waals surface area (Å²) in [6, 6.07) is 14.3. The summed E-state index contributed by atoms with van der Waals surface area (Å²) < 4.78 is 12.4. The molecule has 2 aromatic carbocycles. The summed E-state index contributed by atoms with van der Waals surface area (Å²) >= 11 is 1.67. The highest BCUT2D eigenvalue weighted by molar-refractivity contribution is 7.19. The van der Waals surface area contributed by atoms with Crippen LogP contribution in [0.2, 0.25) is 0 Å². The average molecular weight is 453 g/mol. The Labute approximate surface area is 196 Å². The minimum atomic E-state index is 0.763. The van der Waals surface area contributed by atoms with E-state index in [9.17, 15) is 0 Å². The van der Waals surface area contributed by atoms with Gasteiger partial charge in [0.25, 0.3) is 0 Å². The molecule has 0 radical (unpaired) electrons. The number of aromatic nitrogens is 1. The Morgan fingerprint density at radius 2 is 1.56 bits per heavy atom. The van der Waals surface area contributed by atoms with Gasteiger partial charge in [-0.1, -0.05) is 44.9 Å². The van der Waals surface area contributed by atoms with Gasteiger partial charge in [-0.05, 0) is 74.3 Å². The minimum Gasteiger partial charge on any atom is -0.497 e. The van der Waals surface area contributed by atoms with Crippen molar-refractivity contribution in [1.29, 1.82) is 0 Å². The van der Waals surface area contributed by atoms with E-state index < -0.39 is 0 Å². The quantitative estimate of drug-likeness (QED) is 0.243.